The number of aromatic nitrogens is 11. The molecule has 0 radical (unpaired) electrons. The number of hydrogen-bond donors (Lipinski definition) is 7. The minimum Gasteiger partial charge on any atom is -0.476 e. The van der Waals surface area contributed by atoms with Gasteiger partial charge in [0.2, 0.25) is 11.1 Å². The van der Waals surface area contributed by atoms with Gasteiger partial charge in [0.05, 0.1) is 52.8 Å². The highest BCUT2D eigenvalue weighted by molar-refractivity contribution is 6.62. The number of carboxylic acid groups (broad SMARTS) is 1. The second-order valence-electron chi connectivity index (χ2n) is 25.8. The van der Waals surface area contributed by atoms with E-state index < -0.39 is 42.2 Å². The van der Waals surface area contributed by atoms with Crippen molar-refractivity contribution in [3.8, 4) is 45.0 Å². The maximum Gasteiger partial charge on any atom is 0.496 e. The van der Waals surface area contributed by atoms with E-state index >= 15 is 0 Å². The van der Waals surface area contributed by atoms with Crippen molar-refractivity contribution in [2.75, 3.05) is 74.2 Å². The lowest BCUT2D eigenvalue weighted by Gasteiger charge is -2.32. The SMILES string of the molecule is CN(C)c1cccc(CN)n1.CN(C)c1cccc(CNC(=O)c2nc(-c3ccc(=O)n(C)c3)c(-c3ccc(F)cc3)nc2N)n1.CN(C)c1cccc(CNC(=O)c2nc(Cl)c(-c3ccc(F)cc3)nc2N)n1.Cn1cc(B2OC(C)(C)C(C)(C)O2)ccc1=O.Nc1nc(-c2ccc(F)cc2)c(Cl)nc1C(=O)O. The predicted octanol–water partition coefficient (Wildman–Crippen LogP) is 9.04. The standard InChI is InChI=1S/C25H24FN7O2.C19H18ClFN6O.C12H18BNO3.C11H7ClFN3O2.C8H13N3/c1-32(2)19-6-4-5-18(29-19)13-28-25(35)23-24(27)31-21(15-7-10-17(26)11-8-15)22(30-23)16-9-12-20(34)33(3)14-16;1-27(2)14-5-3-4-13(24-14)10-23-19(28)16-18(22)26-15(17(20)25-16)11-6-8-12(21)9-7-11;1-11(2)12(3,4)17-13(16-11)9-6-7-10(15)14(5)8-9;12-9-7(5-1-3-6(13)4-2-5)16-10(14)8(15-9)11(17)18;1-11(2)8-5-3-4-7(6-9)10-8/h4-12,14H,13H2,1-3H3,(H2,27,31)(H,28,35);3-9H,10H2,1-2H3,(H2,22,26)(H,23,28);6-8H,1-5H3;1-4H,(H2,14,16)(H,17,18);3-5H,6,9H2,1-2H3. The number of nitrogen functional groups attached to an aromatic ring is 3. The quantitative estimate of drug-likeness (QED) is 0.0443. The highest BCUT2D eigenvalue weighted by atomic mass is 35.5. The maximum atomic E-state index is 13.5. The van der Waals surface area contributed by atoms with Crippen LogP contribution in [0.15, 0.2) is 174 Å². The van der Waals surface area contributed by atoms with Crippen LogP contribution in [0.3, 0.4) is 0 Å². The zero-order valence-corrected chi connectivity index (χ0v) is 63.1. The van der Waals surface area contributed by atoms with E-state index in [2.05, 4.69) is 55.5 Å². The van der Waals surface area contributed by atoms with Gasteiger partial charge in [0.15, 0.2) is 44.8 Å². The number of nitrogens with two attached hydrogens (primary N) is 4. The van der Waals surface area contributed by atoms with Crippen molar-refractivity contribution in [1.29, 1.82) is 0 Å². The number of benzene rings is 3. The fourth-order valence-electron chi connectivity index (χ4n) is 9.82. The number of hydrogen-bond acceptors (Lipinski definition) is 23. The van der Waals surface area contributed by atoms with Gasteiger partial charge in [0.1, 0.15) is 46.3 Å². The summed E-state index contributed by atoms with van der Waals surface area (Å²) in [6.45, 7) is 8.89. The van der Waals surface area contributed by atoms with Crippen LogP contribution in [0.4, 0.5) is 48.1 Å². The summed E-state index contributed by atoms with van der Waals surface area (Å²) in [5.74, 6) is -1.45. The van der Waals surface area contributed by atoms with Crippen LogP contribution in [0.2, 0.25) is 10.3 Å². The molecule has 34 heteroatoms. The monoisotopic (exact) mass is 1530 g/mol. The van der Waals surface area contributed by atoms with E-state index in [1.54, 1.807) is 62.9 Å². The van der Waals surface area contributed by atoms with E-state index in [9.17, 15) is 37.1 Å². The smallest absolute Gasteiger partial charge is 0.476 e. The fraction of sp³-hybridized carbons (Fsp3) is 0.227. The van der Waals surface area contributed by atoms with Crippen LogP contribution >= 0.6 is 23.2 Å². The zero-order chi connectivity index (χ0) is 79.8. The molecule has 0 bridgehead atoms. The molecular formula is C75H80BCl2F3N20O8. The Morgan fingerprint density at radius 1 is 0.468 bits per heavy atom. The maximum absolute atomic E-state index is 13.5. The van der Waals surface area contributed by atoms with Gasteiger partial charge < -0.3 is 71.8 Å². The zero-order valence-electron chi connectivity index (χ0n) is 61.6. The lowest BCUT2D eigenvalue weighted by Crippen LogP contribution is -2.41. The van der Waals surface area contributed by atoms with Gasteiger partial charge in [-0.3, -0.25) is 19.2 Å². The first-order valence-electron chi connectivity index (χ1n) is 33.2. The Hall–Kier alpha value is -12.2. The number of nitrogens with zero attached hydrogens (tertiary/aromatic N) is 14. The topological polar surface area (TPSA) is 388 Å². The van der Waals surface area contributed by atoms with E-state index in [4.69, 9.17) is 60.6 Å². The molecule has 3 aromatic carbocycles. The van der Waals surface area contributed by atoms with Crippen molar-refractivity contribution in [1.82, 2.24) is 64.6 Å². The lowest BCUT2D eigenvalue weighted by molar-refractivity contribution is 0.00578. The third-order valence-corrected chi connectivity index (χ3v) is 17.0. The molecule has 0 unspecified atom stereocenters. The molecule has 9 heterocycles. The van der Waals surface area contributed by atoms with Crippen molar-refractivity contribution in [3.63, 3.8) is 0 Å². The molecule has 8 aromatic heterocycles. The number of anilines is 6. The Kier molecular flexibility index (Phi) is 27.5. The van der Waals surface area contributed by atoms with Gasteiger partial charge in [-0.15, -0.1) is 0 Å². The summed E-state index contributed by atoms with van der Waals surface area (Å²) in [5.41, 5.74) is 27.9. The Bertz CT molecular complexity index is 5180. The van der Waals surface area contributed by atoms with Crippen LogP contribution in [-0.2, 0) is 43.0 Å². The van der Waals surface area contributed by atoms with Gasteiger partial charge in [0.25, 0.3) is 11.8 Å². The third kappa shape index (κ3) is 21.8. The van der Waals surface area contributed by atoms with E-state index in [0.29, 0.717) is 51.6 Å². The first kappa shape index (κ1) is 82.4. The molecule has 1 aliphatic rings. The number of nitrogens with one attached hydrogen (secondary N) is 2. The molecule has 11 aromatic rings. The molecule has 109 heavy (non-hydrogen) atoms. The van der Waals surface area contributed by atoms with Crippen molar-refractivity contribution >= 4 is 88.5 Å². The van der Waals surface area contributed by atoms with Crippen molar-refractivity contribution in [2.24, 2.45) is 19.8 Å². The summed E-state index contributed by atoms with van der Waals surface area (Å²) >= 11 is 12.0. The van der Waals surface area contributed by atoms with Gasteiger partial charge >= 0.3 is 13.1 Å². The molecule has 1 aliphatic heterocycles. The van der Waals surface area contributed by atoms with Gasteiger partial charge in [0, 0.05) is 110 Å². The summed E-state index contributed by atoms with van der Waals surface area (Å²) < 4.78 is 54.1. The van der Waals surface area contributed by atoms with Crippen LogP contribution in [0.5, 0.6) is 0 Å². The van der Waals surface area contributed by atoms with E-state index in [0.717, 1.165) is 28.6 Å². The molecule has 28 nitrogen and oxygen atoms in total. The second-order valence-corrected chi connectivity index (χ2v) is 26.5. The highest BCUT2D eigenvalue weighted by Gasteiger charge is 2.52. The van der Waals surface area contributed by atoms with Gasteiger partial charge in [-0.2, -0.15) is 0 Å². The fourth-order valence-corrected chi connectivity index (χ4v) is 10.3. The third-order valence-electron chi connectivity index (χ3n) is 16.5. The van der Waals surface area contributed by atoms with Crippen molar-refractivity contribution in [3.05, 3.63) is 247 Å². The average molecular weight is 1530 g/mol. The molecular weight excluding hydrogens is 1450 g/mol. The minimum absolute atomic E-state index is 0.00121. The normalized spacial score (nSPS) is 12.3. The largest absolute Gasteiger partial charge is 0.496 e. The molecule has 12 rings (SSSR count). The number of amides is 2. The van der Waals surface area contributed by atoms with Crippen molar-refractivity contribution < 1.29 is 42.0 Å². The van der Waals surface area contributed by atoms with Crippen LogP contribution in [0.1, 0.15) is 76.2 Å². The number of carbonyl (C=O) groups excluding carboxylic acids is 2. The van der Waals surface area contributed by atoms with E-state index in [-0.39, 0.29) is 91.8 Å². The molecule has 1 fully saturated rings. The van der Waals surface area contributed by atoms with Crippen LogP contribution in [0.25, 0.3) is 45.0 Å². The summed E-state index contributed by atoms with van der Waals surface area (Å²) in [5, 5.41) is 14.2. The number of carbonyl (C=O) groups is 3. The van der Waals surface area contributed by atoms with E-state index in [1.165, 1.54) is 81.9 Å². The first-order valence-corrected chi connectivity index (χ1v) is 34.0. The van der Waals surface area contributed by atoms with Crippen molar-refractivity contribution in [2.45, 2.75) is 58.5 Å². The molecule has 0 atom stereocenters. The van der Waals surface area contributed by atoms with Crippen LogP contribution < -0.4 is 64.8 Å². The van der Waals surface area contributed by atoms with Gasteiger partial charge in [-0.25, -0.2) is 62.8 Å². The number of carboxylic acids is 1. The Morgan fingerprint density at radius 3 is 1.20 bits per heavy atom. The highest BCUT2D eigenvalue weighted by Crippen LogP contribution is 2.37. The number of pyridine rings is 5. The molecule has 11 N–H and O–H groups in total. The van der Waals surface area contributed by atoms with Gasteiger partial charge in [-0.1, -0.05) is 47.5 Å². The molecule has 566 valence electrons. The first-order chi connectivity index (χ1) is 51.5. The minimum atomic E-state index is -1.31. The molecule has 0 aliphatic carbocycles. The summed E-state index contributed by atoms with van der Waals surface area (Å²) in [6, 6.07) is 39.8. The van der Waals surface area contributed by atoms with Crippen LogP contribution in [0, 0.1) is 17.5 Å². The summed E-state index contributed by atoms with van der Waals surface area (Å²) in [7, 11) is 14.4. The Balaban J connectivity index is 0.000000181. The van der Waals surface area contributed by atoms with E-state index in [1.807, 2.05) is 127 Å². The molecule has 1 saturated heterocycles. The Labute approximate surface area is 636 Å². The Morgan fingerprint density at radius 2 is 0.807 bits per heavy atom. The molecule has 0 spiro atoms. The number of halogens is 5. The number of aromatic carboxylic acids is 1. The number of aryl methyl sites for hydroxylation is 2. The second kappa shape index (κ2) is 36.4. The number of rotatable bonds is 16. The van der Waals surface area contributed by atoms with Crippen LogP contribution in [-0.4, -0.2) is 137 Å². The average Bonchev–Trinajstić information content (AvgIpc) is 1.73. The lowest BCUT2D eigenvalue weighted by atomic mass is 9.80. The molecule has 2 amide bonds. The molecule has 0 saturated carbocycles. The summed E-state index contributed by atoms with van der Waals surface area (Å²) in [6.07, 6.45) is 3.35. The predicted molar refractivity (Wildman–Crippen MR) is 416 cm³/mol. The van der Waals surface area contributed by atoms with Gasteiger partial charge in [-0.05, 0) is 148 Å². The summed E-state index contributed by atoms with van der Waals surface area (Å²) in [4.78, 5) is 103.